The molecule has 1 aliphatic carbocycles. The molecule has 0 fully saturated rings. The van der Waals surface area contributed by atoms with Crippen molar-refractivity contribution in [2.24, 2.45) is 0 Å². The van der Waals surface area contributed by atoms with Crippen molar-refractivity contribution < 1.29 is 22.7 Å². The quantitative estimate of drug-likeness (QED) is 0.431. The van der Waals surface area contributed by atoms with Gasteiger partial charge in [0.15, 0.2) is 0 Å². The van der Waals surface area contributed by atoms with Crippen LogP contribution in [0.15, 0.2) is 53.4 Å². The number of carbonyl (C=O) groups excluding carboxylic acids is 1. The van der Waals surface area contributed by atoms with Crippen molar-refractivity contribution in [2.45, 2.75) is 57.5 Å². The maximum Gasteiger partial charge on any atom is 0.429 e. The van der Waals surface area contributed by atoms with E-state index in [4.69, 9.17) is 9.47 Å². The number of hydrogen-bond acceptors (Lipinski definition) is 5. The molecular weight excluding hydrogens is 448 g/mol. The van der Waals surface area contributed by atoms with Crippen molar-refractivity contribution in [2.75, 3.05) is 6.61 Å². The van der Waals surface area contributed by atoms with Gasteiger partial charge in [-0.1, -0.05) is 48.5 Å². The largest absolute Gasteiger partial charge is 0.487 e. The Morgan fingerprint density at radius 2 is 1.50 bits per heavy atom. The van der Waals surface area contributed by atoms with E-state index in [-0.39, 0.29) is 17.4 Å². The highest BCUT2D eigenvalue weighted by atomic mass is 32.2. The van der Waals surface area contributed by atoms with Crippen molar-refractivity contribution in [1.29, 1.82) is 0 Å². The highest BCUT2D eigenvalue weighted by Crippen LogP contribution is 2.46. The number of benzene rings is 3. The summed E-state index contributed by atoms with van der Waals surface area (Å²) in [5, 5.41) is -1.21. The van der Waals surface area contributed by atoms with Crippen LogP contribution in [0.2, 0.25) is 0 Å². The van der Waals surface area contributed by atoms with E-state index in [0.29, 0.717) is 17.5 Å². The van der Waals surface area contributed by atoms with Crippen LogP contribution in [0.4, 0.5) is 4.79 Å². The molecule has 0 bridgehead atoms. The number of hydrogen-bond donors (Lipinski definition) is 0. The molecule has 3 aromatic rings. The molecule has 34 heavy (non-hydrogen) atoms. The van der Waals surface area contributed by atoms with Crippen molar-refractivity contribution in [1.82, 2.24) is 0 Å². The van der Waals surface area contributed by atoms with E-state index in [9.17, 15) is 13.2 Å². The Morgan fingerprint density at radius 3 is 2.09 bits per heavy atom. The van der Waals surface area contributed by atoms with Gasteiger partial charge >= 0.3 is 5.30 Å². The van der Waals surface area contributed by atoms with Crippen LogP contribution in [0.5, 0.6) is 5.75 Å². The monoisotopic (exact) mass is 476 g/mol. The second-order valence-electron chi connectivity index (χ2n) is 9.84. The van der Waals surface area contributed by atoms with E-state index >= 15 is 0 Å². The Hall–Kier alpha value is -3.12. The molecular formula is C28H28O5S. The second-order valence-corrected chi connectivity index (χ2v) is 11.6. The summed E-state index contributed by atoms with van der Waals surface area (Å²) < 4.78 is 38.5. The lowest BCUT2D eigenvalue weighted by Gasteiger charge is -2.19. The highest BCUT2D eigenvalue weighted by Gasteiger charge is 2.39. The summed E-state index contributed by atoms with van der Waals surface area (Å²) in [4.78, 5) is 13.1. The zero-order chi connectivity index (χ0) is 24.4. The van der Waals surface area contributed by atoms with Gasteiger partial charge < -0.3 is 9.47 Å². The summed E-state index contributed by atoms with van der Waals surface area (Å²) in [5.41, 5.74) is 6.52. The fourth-order valence-electron chi connectivity index (χ4n) is 5.40. The Bertz CT molecular complexity index is 1400. The van der Waals surface area contributed by atoms with Gasteiger partial charge in [0.2, 0.25) is 0 Å². The summed E-state index contributed by atoms with van der Waals surface area (Å²) in [6.45, 7) is 9.22. The molecule has 0 saturated heterocycles. The molecule has 0 radical (unpaired) electrons. The van der Waals surface area contributed by atoms with Crippen LogP contribution in [-0.4, -0.2) is 25.9 Å². The fraction of sp³-hybridized carbons (Fsp3) is 0.321. The lowest BCUT2D eigenvalue weighted by molar-refractivity contribution is 0.137. The van der Waals surface area contributed by atoms with E-state index in [1.807, 2.05) is 69.3 Å². The fourth-order valence-corrected chi connectivity index (χ4v) is 6.87. The minimum atomic E-state index is -4.34. The van der Waals surface area contributed by atoms with Crippen molar-refractivity contribution in [3.63, 3.8) is 0 Å². The Morgan fingerprint density at radius 1 is 0.941 bits per heavy atom. The minimum Gasteiger partial charge on any atom is -0.487 e. The summed E-state index contributed by atoms with van der Waals surface area (Å²) in [5.74, 6) is 0.524. The molecule has 5 rings (SSSR count). The zero-order valence-corrected chi connectivity index (χ0v) is 20.9. The molecule has 0 aromatic heterocycles. The van der Waals surface area contributed by atoms with Crippen molar-refractivity contribution in [3.05, 3.63) is 81.9 Å². The lowest BCUT2D eigenvalue weighted by Crippen LogP contribution is -2.25. The molecule has 0 N–H and O–H groups in total. The smallest absolute Gasteiger partial charge is 0.429 e. The first kappa shape index (κ1) is 22.7. The lowest BCUT2D eigenvalue weighted by atomic mass is 9.94. The maximum atomic E-state index is 13.5. The van der Waals surface area contributed by atoms with Gasteiger partial charge in [-0.3, -0.25) is 0 Å². The van der Waals surface area contributed by atoms with E-state index in [2.05, 4.69) is 0 Å². The molecule has 3 aromatic carbocycles. The predicted octanol–water partition coefficient (Wildman–Crippen LogP) is 6.05. The third-order valence-electron chi connectivity index (χ3n) is 7.11. The average molecular weight is 477 g/mol. The summed E-state index contributed by atoms with van der Waals surface area (Å²) >= 11 is 0. The Kier molecular flexibility index (Phi) is 5.13. The molecule has 0 spiro atoms. The standard InChI is InChI=1S/C28H28O5S/c1-16-17(2)26(18(3)23-14-28(4,5)33-25(16)23)34(30,31)27(29)32-15-24-21-12-8-6-10-19(21)20-11-7-9-13-22(20)24/h6-13,24H,14-15H2,1-5H3. The topological polar surface area (TPSA) is 69.7 Å². The molecule has 6 heteroatoms. The Labute approximate surface area is 200 Å². The van der Waals surface area contributed by atoms with Gasteiger partial charge in [0.05, 0.1) is 4.90 Å². The van der Waals surface area contributed by atoms with E-state index in [1.165, 1.54) is 0 Å². The van der Waals surface area contributed by atoms with E-state index in [1.54, 1.807) is 13.8 Å². The number of fused-ring (bicyclic) bond motifs is 4. The third kappa shape index (κ3) is 3.35. The normalized spacial score (nSPS) is 15.9. The second kappa shape index (κ2) is 7.70. The minimum absolute atomic E-state index is 0.0375. The summed E-state index contributed by atoms with van der Waals surface area (Å²) in [6.07, 6.45) is 0.586. The maximum absolute atomic E-state index is 13.5. The van der Waals surface area contributed by atoms with E-state index in [0.717, 1.165) is 39.1 Å². The first-order valence-electron chi connectivity index (χ1n) is 11.4. The van der Waals surface area contributed by atoms with Gasteiger partial charge in [-0.15, -0.1) is 0 Å². The van der Waals surface area contributed by atoms with Gasteiger partial charge in [-0.2, -0.15) is 0 Å². The van der Waals surface area contributed by atoms with Crippen LogP contribution in [0.1, 0.15) is 53.1 Å². The van der Waals surface area contributed by atoms with Crippen LogP contribution in [0.25, 0.3) is 11.1 Å². The van der Waals surface area contributed by atoms with Crippen LogP contribution in [0, 0.1) is 20.8 Å². The van der Waals surface area contributed by atoms with E-state index < -0.39 is 20.7 Å². The molecule has 0 saturated carbocycles. The van der Waals surface area contributed by atoms with Crippen LogP contribution in [-0.2, 0) is 21.0 Å². The van der Waals surface area contributed by atoms with Crippen LogP contribution in [0.3, 0.4) is 0 Å². The van der Waals surface area contributed by atoms with Crippen molar-refractivity contribution >= 4 is 15.1 Å². The number of carbonyl (C=O) groups is 1. The number of ether oxygens (including phenoxy) is 2. The van der Waals surface area contributed by atoms with Gasteiger partial charge in [-0.05, 0) is 73.6 Å². The first-order chi connectivity index (χ1) is 16.0. The van der Waals surface area contributed by atoms with Gasteiger partial charge in [0.1, 0.15) is 18.0 Å². The summed E-state index contributed by atoms with van der Waals surface area (Å²) in [7, 11) is -4.34. The van der Waals surface area contributed by atoms with Gasteiger partial charge in [-0.25, -0.2) is 13.2 Å². The number of rotatable bonds is 3. The average Bonchev–Trinajstić information content (AvgIpc) is 3.30. The van der Waals surface area contributed by atoms with Gasteiger partial charge in [0.25, 0.3) is 9.84 Å². The molecule has 0 unspecified atom stereocenters. The van der Waals surface area contributed by atoms with Crippen LogP contribution < -0.4 is 4.74 Å². The van der Waals surface area contributed by atoms with Crippen LogP contribution >= 0.6 is 0 Å². The Balaban J connectivity index is 1.47. The highest BCUT2D eigenvalue weighted by molar-refractivity contribution is 8.05. The van der Waals surface area contributed by atoms with Gasteiger partial charge in [0, 0.05) is 17.9 Å². The molecule has 1 heterocycles. The number of sulfone groups is 1. The molecule has 176 valence electrons. The first-order valence-corrected chi connectivity index (χ1v) is 12.9. The third-order valence-corrected chi connectivity index (χ3v) is 8.82. The predicted molar refractivity (Wildman–Crippen MR) is 131 cm³/mol. The molecule has 0 atom stereocenters. The zero-order valence-electron chi connectivity index (χ0n) is 20.1. The molecule has 2 aliphatic rings. The molecule has 5 nitrogen and oxygen atoms in total. The summed E-state index contributed by atoms with van der Waals surface area (Å²) in [6, 6.07) is 15.9. The van der Waals surface area contributed by atoms with Crippen molar-refractivity contribution in [3.8, 4) is 16.9 Å². The molecule has 0 amide bonds. The SMILES string of the molecule is Cc1c(C)c(S(=O)(=O)C(=O)OCC2c3ccccc3-c3ccccc32)c(C)c2c1OC(C)(C)C2. The molecule has 1 aliphatic heterocycles.